The van der Waals surface area contributed by atoms with Crippen LogP contribution in [0.15, 0.2) is 30.3 Å². The van der Waals surface area contributed by atoms with E-state index < -0.39 is 86.2 Å². The molecule has 24 nitrogen and oxygen atoms in total. The first-order valence-electron chi connectivity index (χ1n) is 18.1. The first-order chi connectivity index (χ1) is 26.5. The first-order valence-corrected chi connectivity index (χ1v) is 27.7. The maximum atomic E-state index is 11.2. The van der Waals surface area contributed by atoms with Crippen molar-refractivity contribution < 1.29 is 107 Å². The van der Waals surface area contributed by atoms with Gasteiger partial charge in [0.1, 0.15) is 0 Å². The maximum absolute atomic E-state index is 11.2. The van der Waals surface area contributed by atoms with Crippen LogP contribution >= 0.6 is 45.6 Å². The fraction of sp³-hybridized carbons (Fsp3) is 0.793. The second-order valence-corrected chi connectivity index (χ2v) is 26.0. The van der Waals surface area contributed by atoms with E-state index in [0.29, 0.717) is 6.54 Å². The molecule has 0 fully saturated rings. The van der Waals surface area contributed by atoms with Gasteiger partial charge in [-0.25, -0.2) is 0 Å². The molecule has 0 aliphatic rings. The molecule has 0 aromatic heterocycles. The van der Waals surface area contributed by atoms with Crippen LogP contribution in [0, 0.1) is 0 Å². The van der Waals surface area contributed by atoms with Crippen molar-refractivity contribution >= 4 is 45.6 Å². The van der Waals surface area contributed by atoms with E-state index in [-0.39, 0.29) is 18.7 Å². The van der Waals surface area contributed by atoms with Crippen molar-refractivity contribution in [2.75, 3.05) is 33.7 Å². The highest BCUT2D eigenvalue weighted by molar-refractivity contribution is 7.73. The Morgan fingerprint density at radius 1 is 0.525 bits per heavy atom. The molecule has 0 aliphatic heterocycles. The Balaban J connectivity index is 0. The lowest BCUT2D eigenvalue weighted by atomic mass is 10.1. The number of unbranched alkanes of at least 4 members (excludes halogenated alkanes) is 9. The third kappa shape index (κ3) is 21.0. The van der Waals surface area contributed by atoms with Gasteiger partial charge in [-0.2, -0.15) is 0 Å². The number of nitrogens with zero attached hydrogens (tertiary/aromatic N) is 1. The standard InChI is InChI=1S/C15H35NO7P2.C9H14O8P2.C5H15NO7P2/c1-2-3-4-5-6-7-8-9-10-11-13-16-14-12-15(17,24(18,19)20)25(21,22)23;10-8(7-4-2-1-3-5-7)6-9(11,18(12,13)14)19(15,16)17;1-6(2)4-3-5(7,14(8,9)10)15(11,12)13/h16-17H,2-14H2,1H3,(H2,18,19,20)(H2,21,22,23);1-5,8,10-11H,6H2,(H2,12,13,14)(H2,15,16,17);7H,3-4H2,1-2H3,(H2,8,9,10)(H2,11,12,13). The Kier molecular flexibility index (Phi) is 26.9. The molecule has 1 aromatic rings. The minimum Gasteiger partial charge on any atom is -0.388 e. The third-order valence-corrected chi connectivity index (χ3v) is 20.2. The predicted octanol–water partition coefficient (Wildman–Crippen LogP) is 1.94. The molecule has 0 aliphatic carbocycles. The quantitative estimate of drug-likeness (QED) is 0.0466. The topological polar surface area (TPSA) is 441 Å². The van der Waals surface area contributed by atoms with Gasteiger partial charge in [0.25, 0.3) is 15.2 Å². The van der Waals surface area contributed by atoms with Crippen LogP contribution < -0.4 is 5.32 Å². The molecule has 1 atom stereocenters. The average molecular weight is 979 g/mol. The van der Waals surface area contributed by atoms with E-state index in [1.54, 1.807) is 20.2 Å². The number of rotatable bonds is 26. The van der Waals surface area contributed by atoms with Crippen LogP contribution in [0.4, 0.5) is 0 Å². The summed E-state index contributed by atoms with van der Waals surface area (Å²) >= 11 is 0. The van der Waals surface area contributed by atoms with Gasteiger partial charge in [-0.1, -0.05) is 95.0 Å². The lowest BCUT2D eigenvalue weighted by molar-refractivity contribution is 0.0632. The molecule has 0 heterocycles. The summed E-state index contributed by atoms with van der Waals surface area (Å²) in [4.78, 5) is 108. The zero-order valence-corrected chi connectivity index (χ0v) is 38.4. The monoisotopic (exact) mass is 978 g/mol. The zero-order valence-electron chi connectivity index (χ0n) is 33.0. The van der Waals surface area contributed by atoms with Gasteiger partial charge in [-0.3, -0.25) is 27.4 Å². The van der Waals surface area contributed by atoms with Gasteiger partial charge in [0.2, 0.25) is 0 Å². The van der Waals surface area contributed by atoms with Gasteiger partial charge in [-0.05, 0) is 39.2 Å². The molecule has 0 saturated carbocycles. The van der Waals surface area contributed by atoms with Gasteiger partial charge in [0, 0.05) is 25.8 Å². The van der Waals surface area contributed by atoms with Crippen LogP contribution in [-0.4, -0.2) is 133 Å². The lowest BCUT2D eigenvalue weighted by Gasteiger charge is -2.31. The van der Waals surface area contributed by atoms with Crippen LogP contribution in [0.5, 0.6) is 0 Å². The zero-order chi connectivity index (χ0) is 46.8. The number of hydrogen-bond acceptors (Lipinski definition) is 12. The summed E-state index contributed by atoms with van der Waals surface area (Å²) in [5.74, 6) is 0. The van der Waals surface area contributed by atoms with Crippen LogP contribution in [0.25, 0.3) is 0 Å². The molecule has 1 rings (SSSR count). The Morgan fingerprint density at radius 3 is 1.20 bits per heavy atom. The van der Waals surface area contributed by atoms with E-state index >= 15 is 0 Å². The van der Waals surface area contributed by atoms with E-state index in [0.717, 1.165) is 19.3 Å². The van der Waals surface area contributed by atoms with Crippen molar-refractivity contribution in [2.24, 2.45) is 0 Å². The molecule has 1 aromatic carbocycles. The van der Waals surface area contributed by atoms with Crippen LogP contribution in [-0.2, 0) is 27.4 Å². The minimum atomic E-state index is -5.55. The molecule has 59 heavy (non-hydrogen) atoms. The maximum Gasteiger partial charge on any atom is 0.369 e. The van der Waals surface area contributed by atoms with Gasteiger partial charge in [0.05, 0.1) is 6.10 Å². The molecule has 0 saturated heterocycles. The van der Waals surface area contributed by atoms with E-state index in [1.165, 1.54) is 74.1 Å². The van der Waals surface area contributed by atoms with Crippen LogP contribution in [0.1, 0.15) is 102 Å². The van der Waals surface area contributed by atoms with Crippen molar-refractivity contribution in [1.82, 2.24) is 10.2 Å². The van der Waals surface area contributed by atoms with Gasteiger partial charge in [0.15, 0.2) is 0 Å². The number of benzene rings is 1. The summed E-state index contributed by atoms with van der Waals surface area (Å²) < 4.78 is 66.3. The number of aliphatic hydroxyl groups is 4. The molecular weight excluding hydrogens is 914 g/mol. The SMILES string of the molecule is CCCCCCCCCCCCNCCC(O)(P(=O)(O)O)P(=O)(O)O.CN(C)CCC(O)(P(=O)(O)O)P(=O)(O)O.O=P(O)(O)C(O)(CC(O)c1ccccc1)P(=O)(O)O. The van der Waals surface area contributed by atoms with Crippen LogP contribution in [0.3, 0.4) is 0 Å². The van der Waals surface area contributed by atoms with Gasteiger partial charge < -0.3 is 89.4 Å². The smallest absolute Gasteiger partial charge is 0.369 e. The Labute approximate surface area is 343 Å². The van der Waals surface area contributed by atoms with Crippen molar-refractivity contribution in [1.29, 1.82) is 0 Å². The van der Waals surface area contributed by atoms with E-state index in [4.69, 9.17) is 58.7 Å². The molecule has 1 unspecified atom stereocenters. The Bertz CT molecular complexity index is 1570. The highest BCUT2D eigenvalue weighted by Gasteiger charge is 2.61. The highest BCUT2D eigenvalue weighted by Crippen LogP contribution is 2.71. The Morgan fingerprint density at radius 2 is 0.864 bits per heavy atom. The lowest BCUT2D eigenvalue weighted by Crippen LogP contribution is -2.33. The van der Waals surface area contributed by atoms with Crippen molar-refractivity contribution in [3.05, 3.63) is 35.9 Å². The first kappa shape index (κ1) is 61.0. The fourth-order valence-corrected chi connectivity index (χ4v) is 11.4. The van der Waals surface area contributed by atoms with E-state index in [9.17, 15) is 47.8 Å². The molecule has 17 N–H and O–H groups in total. The molecule has 0 spiro atoms. The second kappa shape index (κ2) is 26.0. The molecular formula is C29H64N2O22P6. The predicted molar refractivity (Wildman–Crippen MR) is 216 cm³/mol. The van der Waals surface area contributed by atoms with Gasteiger partial charge in [-0.15, -0.1) is 0 Å². The van der Waals surface area contributed by atoms with Crippen molar-refractivity contribution in [3.8, 4) is 0 Å². The molecule has 0 radical (unpaired) electrons. The summed E-state index contributed by atoms with van der Waals surface area (Å²) in [6, 6.07) is 7.45. The average Bonchev–Trinajstić information content (AvgIpc) is 3.07. The molecule has 0 bridgehead atoms. The normalized spacial score (nSPS) is 14.3. The summed E-state index contributed by atoms with van der Waals surface area (Å²) in [7, 11) is -29.3. The summed E-state index contributed by atoms with van der Waals surface area (Å²) in [5, 5.41) is 31.1. The van der Waals surface area contributed by atoms with E-state index in [1.807, 2.05) is 0 Å². The van der Waals surface area contributed by atoms with Crippen LogP contribution in [0.2, 0.25) is 0 Å². The summed E-state index contributed by atoms with van der Waals surface area (Å²) in [5.41, 5.74) is 0.169. The fourth-order valence-electron chi connectivity index (χ4n) is 4.87. The number of aliphatic hydroxyl groups excluding tert-OH is 1. The number of hydrogen-bond donors (Lipinski definition) is 17. The minimum absolute atomic E-state index is 0.0628. The summed E-state index contributed by atoms with van der Waals surface area (Å²) in [6.07, 6.45) is 7.70. The van der Waals surface area contributed by atoms with E-state index in [2.05, 4.69) is 12.2 Å². The third-order valence-electron chi connectivity index (χ3n) is 8.69. The highest BCUT2D eigenvalue weighted by atomic mass is 31.3. The second-order valence-electron chi connectivity index (χ2n) is 14.0. The molecule has 352 valence electrons. The Hall–Kier alpha value is -0.120. The largest absolute Gasteiger partial charge is 0.388 e. The summed E-state index contributed by atoms with van der Waals surface area (Å²) in [6.45, 7) is 2.64. The van der Waals surface area contributed by atoms with Crippen molar-refractivity contribution in [3.63, 3.8) is 0 Å². The van der Waals surface area contributed by atoms with Gasteiger partial charge >= 0.3 is 45.6 Å². The molecule has 30 heteroatoms. The van der Waals surface area contributed by atoms with Crippen molar-refractivity contribution in [2.45, 2.75) is 112 Å². The number of nitrogens with one attached hydrogen (secondary N) is 1. The molecule has 0 amide bonds.